The number of nitrogens with one attached hydrogen (secondary N) is 1. The molecule has 0 spiro atoms. The molecule has 1 N–H and O–H groups in total. The van der Waals surface area contributed by atoms with Crippen LogP contribution in [0.2, 0.25) is 0 Å². The van der Waals surface area contributed by atoms with Gasteiger partial charge >= 0.3 is 11.9 Å². The third kappa shape index (κ3) is 10.7. The Labute approximate surface area is 148 Å². The molecule has 0 fully saturated rings. The van der Waals surface area contributed by atoms with Gasteiger partial charge in [-0.2, -0.15) is 8.42 Å². The smallest absolute Gasteiger partial charge is 0.336 e. The van der Waals surface area contributed by atoms with Crippen LogP contribution in [0.5, 0.6) is 0 Å². The number of esters is 2. The minimum absolute atomic E-state index is 0.0773. The van der Waals surface area contributed by atoms with Crippen molar-refractivity contribution in [2.75, 3.05) is 20.5 Å². The van der Waals surface area contributed by atoms with Crippen LogP contribution in [-0.2, 0) is 38.2 Å². The van der Waals surface area contributed by atoms with Crippen molar-refractivity contribution >= 4 is 28.0 Å². The van der Waals surface area contributed by atoms with Crippen molar-refractivity contribution in [1.29, 1.82) is 0 Å². The van der Waals surface area contributed by atoms with Gasteiger partial charge in [0.05, 0.1) is 20.5 Å². The maximum Gasteiger partial charge on any atom is 0.336 e. The Morgan fingerprint density at radius 1 is 1.04 bits per heavy atom. The highest BCUT2D eigenvalue weighted by atomic mass is 32.2. The molecule has 25 heavy (non-hydrogen) atoms. The summed E-state index contributed by atoms with van der Waals surface area (Å²) in [5.41, 5.74) is -0.0773. The van der Waals surface area contributed by atoms with Crippen molar-refractivity contribution in [2.45, 2.75) is 52.2 Å². The minimum atomic E-state index is -3.98. The average molecular weight is 381 g/mol. The monoisotopic (exact) mass is 381 g/mol. The van der Waals surface area contributed by atoms with Crippen LogP contribution in [0.4, 0.5) is 0 Å². The molecule has 0 rings (SSSR count). The van der Waals surface area contributed by atoms with E-state index in [1.807, 2.05) is 20.8 Å². The Balaban J connectivity index is 5.14. The van der Waals surface area contributed by atoms with Crippen LogP contribution < -0.4 is 5.32 Å². The molecule has 146 valence electrons. The maximum absolute atomic E-state index is 12.0. The summed E-state index contributed by atoms with van der Waals surface area (Å²) in [6, 6.07) is -1.25. The summed E-state index contributed by atoms with van der Waals surface area (Å²) in [6.07, 6.45) is -0.516. The highest BCUT2D eigenvalue weighted by Gasteiger charge is 2.33. The van der Waals surface area contributed by atoms with Gasteiger partial charge in [-0.25, -0.2) is 9.59 Å². The molecule has 1 unspecified atom stereocenters. The molecule has 0 aromatic rings. The van der Waals surface area contributed by atoms with Crippen molar-refractivity contribution < 1.29 is 36.5 Å². The van der Waals surface area contributed by atoms with E-state index in [-0.39, 0.29) is 11.8 Å². The Hall–Kier alpha value is -1.68. The maximum atomic E-state index is 12.0. The lowest BCUT2D eigenvalue weighted by atomic mass is 9.90. The second-order valence-corrected chi connectivity index (χ2v) is 8.35. The van der Waals surface area contributed by atoms with Gasteiger partial charge in [0.25, 0.3) is 10.1 Å². The van der Waals surface area contributed by atoms with E-state index in [0.29, 0.717) is 6.42 Å². The molecular formula is C15H27NO8S. The van der Waals surface area contributed by atoms with Gasteiger partial charge in [0, 0.05) is 12.8 Å². The van der Waals surface area contributed by atoms with Crippen molar-refractivity contribution in [1.82, 2.24) is 5.32 Å². The Bertz CT molecular complexity index is 579. The van der Waals surface area contributed by atoms with E-state index in [2.05, 4.69) is 19.0 Å². The van der Waals surface area contributed by atoms with Crippen molar-refractivity contribution in [3.63, 3.8) is 0 Å². The van der Waals surface area contributed by atoms with Gasteiger partial charge in [0.1, 0.15) is 6.04 Å². The molecule has 0 aliphatic heterocycles. The predicted molar refractivity (Wildman–Crippen MR) is 89.0 cm³/mol. The average Bonchev–Trinajstić information content (AvgIpc) is 2.47. The first-order valence-corrected chi connectivity index (χ1v) is 9.44. The highest BCUT2D eigenvalue weighted by Crippen LogP contribution is 2.20. The molecule has 0 saturated carbocycles. The molecule has 10 heteroatoms. The second kappa shape index (κ2) is 9.71. The van der Waals surface area contributed by atoms with E-state index < -0.39 is 46.5 Å². The number of carbonyl (C=O) groups excluding carboxylic acids is 3. The van der Waals surface area contributed by atoms with Gasteiger partial charge in [-0.05, 0) is 11.8 Å². The fourth-order valence-electron chi connectivity index (χ4n) is 1.84. The quantitative estimate of drug-likeness (QED) is 0.449. The van der Waals surface area contributed by atoms with Crippen LogP contribution in [0.1, 0.15) is 40.0 Å². The van der Waals surface area contributed by atoms with Crippen LogP contribution in [0.25, 0.3) is 0 Å². The molecule has 0 radical (unpaired) electrons. The lowest BCUT2D eigenvalue weighted by molar-refractivity contribution is -0.152. The first-order valence-electron chi connectivity index (χ1n) is 7.62. The third-order valence-electron chi connectivity index (χ3n) is 3.13. The molecule has 0 bridgehead atoms. The molecule has 0 aromatic heterocycles. The van der Waals surface area contributed by atoms with E-state index in [1.165, 1.54) is 0 Å². The topological polar surface area (TPSA) is 125 Å². The number of hydrogen-bond acceptors (Lipinski definition) is 8. The van der Waals surface area contributed by atoms with Crippen molar-refractivity contribution in [3.05, 3.63) is 0 Å². The number of ether oxygens (including phenoxy) is 2. The van der Waals surface area contributed by atoms with Crippen LogP contribution in [0, 0.1) is 5.41 Å². The van der Waals surface area contributed by atoms with Crippen LogP contribution in [0.15, 0.2) is 0 Å². The Morgan fingerprint density at radius 3 is 1.96 bits per heavy atom. The largest absolute Gasteiger partial charge is 0.467 e. The summed E-state index contributed by atoms with van der Waals surface area (Å²) < 4.78 is 36.3. The molecule has 0 heterocycles. The third-order valence-corrected chi connectivity index (χ3v) is 3.71. The number of methoxy groups -OCH3 is 2. The van der Waals surface area contributed by atoms with Gasteiger partial charge in [-0.15, -0.1) is 0 Å². The lowest BCUT2D eigenvalue weighted by Gasteiger charge is -2.22. The van der Waals surface area contributed by atoms with E-state index in [0.717, 1.165) is 20.5 Å². The standard InChI is InChI=1S/C15H27NO8S/c1-15(2,3)8-7-12(17)16-10(13(18)22-4)9-11(14(19)23-5)24-25(6,20)21/h10-11H,7-9H2,1-6H3,(H,16,17)/t10-,11?/m0/s1. The molecule has 0 aliphatic carbocycles. The molecule has 2 atom stereocenters. The summed E-state index contributed by atoms with van der Waals surface area (Å²) in [5.74, 6) is -2.23. The summed E-state index contributed by atoms with van der Waals surface area (Å²) in [4.78, 5) is 35.6. The summed E-state index contributed by atoms with van der Waals surface area (Å²) in [5, 5.41) is 2.44. The molecule has 1 amide bonds. The van der Waals surface area contributed by atoms with Gasteiger partial charge in [-0.1, -0.05) is 20.8 Å². The van der Waals surface area contributed by atoms with Crippen LogP contribution >= 0.6 is 0 Å². The highest BCUT2D eigenvalue weighted by molar-refractivity contribution is 7.86. The normalized spacial score (nSPS) is 14.3. The van der Waals surface area contributed by atoms with E-state index in [1.54, 1.807) is 0 Å². The van der Waals surface area contributed by atoms with Gasteiger partial charge in [-0.3, -0.25) is 8.98 Å². The molecule has 0 aliphatic rings. The van der Waals surface area contributed by atoms with E-state index >= 15 is 0 Å². The summed E-state index contributed by atoms with van der Waals surface area (Å²) in [7, 11) is -1.82. The zero-order valence-electron chi connectivity index (χ0n) is 15.5. The SMILES string of the molecule is COC(=O)C(C[C@H](NC(=O)CCC(C)(C)C)C(=O)OC)OS(C)(=O)=O. The number of rotatable bonds is 9. The summed E-state index contributed by atoms with van der Waals surface area (Å²) in [6.45, 7) is 5.89. The Kier molecular flexibility index (Phi) is 9.06. The summed E-state index contributed by atoms with van der Waals surface area (Å²) >= 11 is 0. The van der Waals surface area contributed by atoms with Crippen LogP contribution in [-0.4, -0.2) is 58.9 Å². The lowest BCUT2D eigenvalue weighted by Crippen LogP contribution is -2.46. The van der Waals surface area contributed by atoms with Crippen molar-refractivity contribution in [2.24, 2.45) is 5.41 Å². The number of amides is 1. The first-order chi connectivity index (χ1) is 11.3. The molecule has 0 aromatic carbocycles. The fraction of sp³-hybridized carbons (Fsp3) is 0.800. The van der Waals surface area contributed by atoms with Crippen molar-refractivity contribution in [3.8, 4) is 0 Å². The number of carbonyl (C=O) groups is 3. The second-order valence-electron chi connectivity index (χ2n) is 6.75. The van der Waals surface area contributed by atoms with E-state index in [9.17, 15) is 22.8 Å². The van der Waals surface area contributed by atoms with E-state index in [4.69, 9.17) is 0 Å². The minimum Gasteiger partial charge on any atom is -0.467 e. The molecule has 9 nitrogen and oxygen atoms in total. The number of hydrogen-bond donors (Lipinski definition) is 1. The Morgan fingerprint density at radius 2 is 1.56 bits per heavy atom. The van der Waals surface area contributed by atoms with Gasteiger partial charge < -0.3 is 14.8 Å². The molecular weight excluding hydrogens is 354 g/mol. The van der Waals surface area contributed by atoms with Gasteiger partial charge in [0.2, 0.25) is 5.91 Å². The van der Waals surface area contributed by atoms with Gasteiger partial charge in [0.15, 0.2) is 6.10 Å². The predicted octanol–water partition coefficient (Wildman–Crippen LogP) is 0.378. The fourth-order valence-corrected chi connectivity index (χ4v) is 2.42. The molecule has 0 saturated heterocycles. The first kappa shape index (κ1) is 23.3. The van der Waals surface area contributed by atoms with Crippen LogP contribution in [0.3, 0.4) is 0 Å². The zero-order valence-corrected chi connectivity index (χ0v) is 16.3. The zero-order chi connectivity index (χ0) is 19.8.